The molecule has 22 heavy (non-hydrogen) atoms. The van der Waals surface area contributed by atoms with E-state index >= 15 is 0 Å². The third-order valence-electron chi connectivity index (χ3n) is 4.61. The van der Waals surface area contributed by atoms with Crippen LogP contribution in [0.2, 0.25) is 0 Å². The molecule has 2 aromatic heterocycles. The summed E-state index contributed by atoms with van der Waals surface area (Å²) < 4.78 is 6.23. The summed E-state index contributed by atoms with van der Waals surface area (Å²) in [6.07, 6.45) is 6.32. The lowest BCUT2D eigenvalue weighted by Gasteiger charge is -2.28. The molecule has 1 aromatic carbocycles. The third kappa shape index (κ3) is 1.67. The molecule has 0 amide bonds. The number of rotatable bonds is 1. The smallest absolute Gasteiger partial charge is 0.161 e. The standard InChI is InChI=1S/C18H19N3O/c1-11-5-6-14-15-17(12(2)7-8-19-15)22-18(14)16(11)21-10-9-20(4)13(21)3/h5-10,13H,1-4H3/t13-/m0/s1. The van der Waals surface area contributed by atoms with Crippen molar-refractivity contribution in [1.82, 2.24) is 9.88 Å². The summed E-state index contributed by atoms with van der Waals surface area (Å²) in [6.45, 7) is 6.37. The summed E-state index contributed by atoms with van der Waals surface area (Å²) in [5.41, 5.74) is 6.20. The van der Waals surface area contributed by atoms with Crippen LogP contribution in [0.4, 0.5) is 5.69 Å². The number of hydrogen-bond acceptors (Lipinski definition) is 4. The SMILES string of the molecule is Cc1ccc2c(oc3c(C)ccnc32)c1N1C=CN(C)[C@@H]1C. The molecule has 0 aliphatic carbocycles. The minimum absolute atomic E-state index is 0.270. The molecule has 0 saturated carbocycles. The summed E-state index contributed by atoms with van der Waals surface area (Å²) >= 11 is 0. The number of pyridine rings is 1. The fourth-order valence-corrected chi connectivity index (χ4v) is 3.13. The second-order valence-corrected chi connectivity index (χ2v) is 6.02. The minimum Gasteiger partial charge on any atom is -0.452 e. The second kappa shape index (κ2) is 4.50. The van der Waals surface area contributed by atoms with Crippen molar-refractivity contribution in [2.24, 2.45) is 0 Å². The van der Waals surface area contributed by atoms with Crippen molar-refractivity contribution in [3.63, 3.8) is 0 Å². The van der Waals surface area contributed by atoms with Gasteiger partial charge in [-0.3, -0.25) is 4.98 Å². The molecule has 0 unspecified atom stereocenters. The Balaban J connectivity index is 2.06. The lowest BCUT2D eigenvalue weighted by atomic mass is 10.1. The Bertz CT molecular complexity index is 909. The molecule has 4 nitrogen and oxygen atoms in total. The molecular formula is C18H19N3O. The van der Waals surface area contributed by atoms with Crippen molar-refractivity contribution in [1.29, 1.82) is 0 Å². The van der Waals surface area contributed by atoms with Crippen LogP contribution in [-0.2, 0) is 0 Å². The average molecular weight is 293 g/mol. The first-order valence-corrected chi connectivity index (χ1v) is 7.54. The first-order chi connectivity index (χ1) is 10.6. The van der Waals surface area contributed by atoms with Crippen LogP contribution < -0.4 is 4.90 Å². The van der Waals surface area contributed by atoms with E-state index in [4.69, 9.17) is 4.42 Å². The average Bonchev–Trinajstić information content (AvgIpc) is 3.03. The maximum atomic E-state index is 6.23. The molecule has 1 aliphatic heterocycles. The van der Waals surface area contributed by atoms with Crippen LogP contribution in [0, 0.1) is 13.8 Å². The van der Waals surface area contributed by atoms with Gasteiger partial charge in [0.2, 0.25) is 0 Å². The number of fused-ring (bicyclic) bond motifs is 3. The predicted molar refractivity (Wildman–Crippen MR) is 89.8 cm³/mol. The normalized spacial score (nSPS) is 18.1. The zero-order valence-corrected chi connectivity index (χ0v) is 13.3. The van der Waals surface area contributed by atoms with Gasteiger partial charge < -0.3 is 14.2 Å². The minimum atomic E-state index is 0.270. The number of hydrogen-bond donors (Lipinski definition) is 0. The van der Waals surface area contributed by atoms with Gasteiger partial charge in [0, 0.05) is 31.0 Å². The molecule has 1 atom stereocenters. The van der Waals surface area contributed by atoms with E-state index in [1.54, 1.807) is 0 Å². The van der Waals surface area contributed by atoms with Crippen LogP contribution in [0.15, 0.2) is 41.2 Å². The molecule has 3 aromatic rings. The molecular weight excluding hydrogens is 274 g/mol. The van der Waals surface area contributed by atoms with Gasteiger partial charge in [0.15, 0.2) is 11.2 Å². The zero-order valence-electron chi connectivity index (χ0n) is 13.3. The van der Waals surface area contributed by atoms with E-state index in [-0.39, 0.29) is 6.17 Å². The molecule has 0 bridgehead atoms. The molecule has 0 radical (unpaired) electrons. The van der Waals surface area contributed by atoms with E-state index < -0.39 is 0 Å². The van der Waals surface area contributed by atoms with E-state index in [0.717, 1.165) is 33.3 Å². The van der Waals surface area contributed by atoms with Crippen LogP contribution >= 0.6 is 0 Å². The Kier molecular flexibility index (Phi) is 2.70. The highest BCUT2D eigenvalue weighted by atomic mass is 16.3. The van der Waals surface area contributed by atoms with E-state index in [1.807, 2.05) is 12.3 Å². The number of furan rings is 1. The summed E-state index contributed by atoms with van der Waals surface area (Å²) in [6, 6.07) is 6.25. The molecule has 4 rings (SSSR count). The van der Waals surface area contributed by atoms with Gasteiger partial charge in [0.1, 0.15) is 11.7 Å². The first kappa shape index (κ1) is 13.2. The van der Waals surface area contributed by atoms with Crippen LogP contribution in [0.3, 0.4) is 0 Å². The van der Waals surface area contributed by atoms with Crippen LogP contribution in [-0.4, -0.2) is 23.1 Å². The first-order valence-electron chi connectivity index (χ1n) is 7.54. The molecule has 0 N–H and O–H groups in total. The largest absolute Gasteiger partial charge is 0.452 e. The highest BCUT2D eigenvalue weighted by Gasteiger charge is 2.25. The van der Waals surface area contributed by atoms with E-state index in [9.17, 15) is 0 Å². The van der Waals surface area contributed by atoms with Crippen molar-refractivity contribution >= 4 is 27.8 Å². The Morgan fingerprint density at radius 3 is 2.59 bits per heavy atom. The Morgan fingerprint density at radius 1 is 1.05 bits per heavy atom. The number of aryl methyl sites for hydroxylation is 2. The van der Waals surface area contributed by atoms with Crippen molar-refractivity contribution in [2.75, 3.05) is 11.9 Å². The molecule has 112 valence electrons. The van der Waals surface area contributed by atoms with Gasteiger partial charge in [-0.15, -0.1) is 0 Å². The molecule has 4 heteroatoms. The van der Waals surface area contributed by atoms with Gasteiger partial charge in [0.25, 0.3) is 0 Å². The zero-order chi connectivity index (χ0) is 15.4. The molecule has 0 fully saturated rings. The van der Waals surface area contributed by atoms with E-state index in [0.29, 0.717) is 0 Å². The molecule has 1 aliphatic rings. The van der Waals surface area contributed by atoms with Crippen molar-refractivity contribution in [2.45, 2.75) is 26.9 Å². The number of aromatic nitrogens is 1. The maximum Gasteiger partial charge on any atom is 0.161 e. The quantitative estimate of drug-likeness (QED) is 0.674. The fourth-order valence-electron chi connectivity index (χ4n) is 3.13. The number of benzene rings is 1. The second-order valence-electron chi connectivity index (χ2n) is 6.02. The van der Waals surface area contributed by atoms with Crippen LogP contribution in [0.25, 0.3) is 22.1 Å². The maximum absolute atomic E-state index is 6.23. The highest BCUT2D eigenvalue weighted by Crippen LogP contribution is 2.39. The predicted octanol–water partition coefficient (Wildman–Crippen LogP) is 4.17. The van der Waals surface area contributed by atoms with Crippen molar-refractivity contribution in [3.8, 4) is 0 Å². The Hall–Kier alpha value is -2.49. The topological polar surface area (TPSA) is 32.5 Å². The van der Waals surface area contributed by atoms with Crippen LogP contribution in [0.5, 0.6) is 0 Å². The lowest BCUT2D eigenvalue weighted by molar-refractivity contribution is 0.383. The van der Waals surface area contributed by atoms with Crippen molar-refractivity contribution in [3.05, 3.63) is 47.9 Å². The molecule has 0 saturated heterocycles. The van der Waals surface area contributed by atoms with Gasteiger partial charge >= 0.3 is 0 Å². The summed E-state index contributed by atoms with van der Waals surface area (Å²) in [7, 11) is 2.08. The Labute approximate surface area is 129 Å². The van der Waals surface area contributed by atoms with Gasteiger partial charge in [-0.25, -0.2) is 0 Å². The number of nitrogens with zero attached hydrogens (tertiary/aromatic N) is 3. The van der Waals surface area contributed by atoms with E-state index in [2.05, 4.69) is 67.1 Å². The summed E-state index contributed by atoms with van der Waals surface area (Å²) in [5.74, 6) is 0. The van der Waals surface area contributed by atoms with Gasteiger partial charge in [0.05, 0.1) is 5.69 Å². The van der Waals surface area contributed by atoms with Crippen LogP contribution in [0.1, 0.15) is 18.1 Å². The lowest BCUT2D eigenvalue weighted by Crippen LogP contribution is -2.33. The summed E-state index contributed by atoms with van der Waals surface area (Å²) in [4.78, 5) is 8.97. The van der Waals surface area contributed by atoms with Gasteiger partial charge in [-0.1, -0.05) is 6.07 Å². The summed E-state index contributed by atoms with van der Waals surface area (Å²) in [5, 5.41) is 1.08. The monoisotopic (exact) mass is 293 g/mol. The third-order valence-corrected chi connectivity index (χ3v) is 4.61. The van der Waals surface area contributed by atoms with E-state index in [1.165, 1.54) is 5.56 Å². The Morgan fingerprint density at radius 2 is 1.86 bits per heavy atom. The van der Waals surface area contributed by atoms with Gasteiger partial charge in [-0.05, 0) is 44.0 Å². The van der Waals surface area contributed by atoms with Crippen molar-refractivity contribution < 1.29 is 4.42 Å². The molecule has 3 heterocycles. The highest BCUT2D eigenvalue weighted by molar-refractivity contribution is 6.08. The van der Waals surface area contributed by atoms with Gasteiger partial charge in [-0.2, -0.15) is 0 Å². The number of anilines is 1. The fraction of sp³-hybridized carbons (Fsp3) is 0.278. The molecule has 0 spiro atoms.